The second kappa shape index (κ2) is 7.28. The second-order valence-electron chi connectivity index (χ2n) is 8.39. The summed E-state index contributed by atoms with van der Waals surface area (Å²) in [5.41, 5.74) is 3.65. The van der Waals surface area contributed by atoms with Crippen molar-refractivity contribution in [3.63, 3.8) is 0 Å². The standard InChI is InChI=1S/C24H24N4O3/c1-13(2)14-7-9-15(10-8-14)28-23(30)19(22(29)27-24(28)31)21-20-17(11-12-25-21)16-5-3-4-6-18(16)26-20/h3-10,13,21,25-26,30H,11-12H2,1-2H3,(H,27,29,31)/p+1/t21-/m0/s1. The lowest BCUT2D eigenvalue weighted by Crippen LogP contribution is -2.87. The molecule has 1 atom stereocenters. The van der Waals surface area contributed by atoms with Crippen LogP contribution in [-0.2, 0) is 6.42 Å². The summed E-state index contributed by atoms with van der Waals surface area (Å²) in [6.07, 6.45) is 0.866. The van der Waals surface area contributed by atoms with E-state index in [-0.39, 0.29) is 11.4 Å². The Morgan fingerprint density at radius 3 is 2.55 bits per heavy atom. The average Bonchev–Trinajstić information content (AvgIpc) is 3.13. The number of quaternary nitrogens is 1. The average molecular weight is 417 g/mol. The van der Waals surface area contributed by atoms with Gasteiger partial charge in [-0.2, -0.15) is 0 Å². The van der Waals surface area contributed by atoms with E-state index in [4.69, 9.17) is 0 Å². The first-order chi connectivity index (χ1) is 15.0. The number of aromatic amines is 2. The fourth-order valence-electron chi connectivity index (χ4n) is 4.60. The molecule has 1 aliphatic rings. The van der Waals surface area contributed by atoms with Gasteiger partial charge < -0.3 is 15.4 Å². The van der Waals surface area contributed by atoms with E-state index >= 15 is 0 Å². The van der Waals surface area contributed by atoms with Crippen LogP contribution in [0.4, 0.5) is 0 Å². The lowest BCUT2D eigenvalue weighted by molar-refractivity contribution is -0.690. The Labute approximate surface area is 178 Å². The second-order valence-corrected chi connectivity index (χ2v) is 8.39. The summed E-state index contributed by atoms with van der Waals surface area (Å²) in [5, 5.41) is 14.3. The molecule has 5 N–H and O–H groups in total. The third-order valence-electron chi connectivity index (χ3n) is 6.20. The van der Waals surface area contributed by atoms with Crippen molar-refractivity contribution in [1.29, 1.82) is 0 Å². The van der Waals surface area contributed by atoms with Gasteiger partial charge in [0.1, 0.15) is 5.56 Å². The summed E-state index contributed by atoms with van der Waals surface area (Å²) < 4.78 is 1.17. The van der Waals surface area contributed by atoms with E-state index in [0.29, 0.717) is 11.6 Å². The minimum atomic E-state index is -0.656. The van der Waals surface area contributed by atoms with Crippen LogP contribution < -0.4 is 16.6 Å². The van der Waals surface area contributed by atoms with Gasteiger partial charge in [-0.1, -0.05) is 44.2 Å². The number of H-pyrrole nitrogens is 2. The number of rotatable bonds is 3. The number of fused-ring (bicyclic) bond motifs is 3. The topological polar surface area (TPSA) is 107 Å². The molecule has 0 spiro atoms. The summed E-state index contributed by atoms with van der Waals surface area (Å²) in [7, 11) is 0. The van der Waals surface area contributed by atoms with Crippen LogP contribution in [0.5, 0.6) is 5.88 Å². The van der Waals surface area contributed by atoms with E-state index in [9.17, 15) is 14.7 Å². The van der Waals surface area contributed by atoms with Gasteiger partial charge in [0, 0.05) is 17.3 Å². The van der Waals surface area contributed by atoms with Crippen LogP contribution in [0.25, 0.3) is 16.6 Å². The molecule has 5 rings (SSSR count). The number of hydrogen-bond acceptors (Lipinski definition) is 3. The van der Waals surface area contributed by atoms with Crippen LogP contribution in [0, 0.1) is 0 Å². The van der Waals surface area contributed by atoms with Gasteiger partial charge in [-0.25, -0.2) is 9.36 Å². The molecule has 0 saturated carbocycles. The molecule has 0 unspecified atom stereocenters. The van der Waals surface area contributed by atoms with Gasteiger partial charge in [-0.05, 0) is 35.2 Å². The molecule has 0 saturated heterocycles. The SMILES string of the molecule is CC(C)c1ccc(-n2c(O)c([C@@H]3[NH2+]CCc4c3[nH]c3ccccc43)c(=O)[nH]c2=O)cc1. The first-order valence-corrected chi connectivity index (χ1v) is 10.6. The molecular formula is C24H25N4O3+. The Morgan fingerprint density at radius 2 is 1.81 bits per heavy atom. The van der Waals surface area contributed by atoms with Crippen molar-refractivity contribution < 1.29 is 10.4 Å². The molecule has 158 valence electrons. The van der Waals surface area contributed by atoms with Gasteiger partial charge in [-0.15, -0.1) is 0 Å². The zero-order valence-electron chi connectivity index (χ0n) is 17.5. The maximum atomic E-state index is 12.8. The van der Waals surface area contributed by atoms with Crippen molar-refractivity contribution in [3.05, 3.63) is 91.8 Å². The van der Waals surface area contributed by atoms with E-state index in [2.05, 4.69) is 29.9 Å². The largest absolute Gasteiger partial charge is 0.494 e. The van der Waals surface area contributed by atoms with E-state index in [1.165, 1.54) is 4.57 Å². The normalized spacial score (nSPS) is 16.0. The van der Waals surface area contributed by atoms with Crippen LogP contribution >= 0.6 is 0 Å². The molecule has 2 aromatic carbocycles. The molecular weight excluding hydrogens is 392 g/mol. The van der Waals surface area contributed by atoms with E-state index in [1.807, 2.05) is 35.6 Å². The molecule has 3 heterocycles. The number of aromatic hydroxyl groups is 1. The van der Waals surface area contributed by atoms with Crippen LogP contribution in [0.2, 0.25) is 0 Å². The predicted octanol–water partition coefficient (Wildman–Crippen LogP) is 2.04. The molecule has 7 nitrogen and oxygen atoms in total. The maximum Gasteiger partial charge on any atom is 0.335 e. The Kier molecular flexibility index (Phi) is 4.55. The molecule has 4 aromatic rings. The van der Waals surface area contributed by atoms with Crippen molar-refractivity contribution in [2.75, 3.05) is 6.54 Å². The van der Waals surface area contributed by atoms with Gasteiger partial charge in [0.2, 0.25) is 5.88 Å². The number of nitrogens with zero attached hydrogens (tertiary/aromatic N) is 1. The minimum absolute atomic E-state index is 0.181. The van der Waals surface area contributed by atoms with Gasteiger partial charge >= 0.3 is 5.69 Å². The number of benzene rings is 2. The number of aromatic nitrogens is 3. The fourth-order valence-corrected chi connectivity index (χ4v) is 4.60. The van der Waals surface area contributed by atoms with Gasteiger partial charge in [0.25, 0.3) is 5.56 Å². The Bertz CT molecular complexity index is 1390. The van der Waals surface area contributed by atoms with Crippen molar-refractivity contribution in [1.82, 2.24) is 14.5 Å². The quantitative estimate of drug-likeness (QED) is 0.410. The number of nitrogens with one attached hydrogen (secondary N) is 2. The summed E-state index contributed by atoms with van der Waals surface area (Å²) >= 11 is 0. The van der Waals surface area contributed by atoms with Crippen molar-refractivity contribution >= 4 is 10.9 Å². The number of nitrogens with two attached hydrogens (primary N) is 1. The lowest BCUT2D eigenvalue weighted by atomic mass is 9.95. The summed E-state index contributed by atoms with van der Waals surface area (Å²) in [6, 6.07) is 15.0. The Morgan fingerprint density at radius 1 is 1.06 bits per heavy atom. The van der Waals surface area contributed by atoms with Crippen LogP contribution in [0.15, 0.2) is 58.1 Å². The van der Waals surface area contributed by atoms with Crippen LogP contribution in [0.3, 0.4) is 0 Å². The van der Waals surface area contributed by atoms with Gasteiger partial charge in [0.15, 0.2) is 6.04 Å². The zero-order valence-corrected chi connectivity index (χ0v) is 17.5. The highest BCUT2D eigenvalue weighted by Crippen LogP contribution is 2.32. The molecule has 2 aromatic heterocycles. The first-order valence-electron chi connectivity index (χ1n) is 10.6. The van der Waals surface area contributed by atoms with Crippen molar-refractivity contribution in [2.45, 2.75) is 32.2 Å². The predicted molar refractivity (Wildman–Crippen MR) is 119 cm³/mol. The van der Waals surface area contributed by atoms with E-state index < -0.39 is 17.3 Å². The molecule has 0 radical (unpaired) electrons. The molecule has 0 amide bonds. The highest BCUT2D eigenvalue weighted by atomic mass is 16.3. The van der Waals surface area contributed by atoms with Crippen LogP contribution in [-0.4, -0.2) is 26.2 Å². The Hall–Kier alpha value is -3.58. The minimum Gasteiger partial charge on any atom is -0.494 e. The van der Waals surface area contributed by atoms with Crippen molar-refractivity contribution in [2.24, 2.45) is 0 Å². The van der Waals surface area contributed by atoms with Gasteiger partial charge in [0.05, 0.1) is 17.9 Å². The first kappa shape index (κ1) is 19.4. The smallest absolute Gasteiger partial charge is 0.335 e. The van der Waals surface area contributed by atoms with Crippen molar-refractivity contribution in [3.8, 4) is 11.6 Å². The number of para-hydroxylation sites is 1. The molecule has 31 heavy (non-hydrogen) atoms. The molecule has 0 bridgehead atoms. The zero-order chi connectivity index (χ0) is 21.7. The molecule has 0 fully saturated rings. The lowest BCUT2D eigenvalue weighted by Gasteiger charge is -2.22. The summed E-state index contributed by atoms with van der Waals surface area (Å²) in [6.45, 7) is 4.96. The molecule has 1 aliphatic heterocycles. The summed E-state index contributed by atoms with van der Waals surface area (Å²) in [5.74, 6) is 0.0292. The highest BCUT2D eigenvalue weighted by molar-refractivity contribution is 5.85. The van der Waals surface area contributed by atoms with E-state index in [0.717, 1.165) is 40.7 Å². The van der Waals surface area contributed by atoms with E-state index in [1.54, 1.807) is 12.1 Å². The third kappa shape index (κ3) is 3.09. The maximum absolute atomic E-state index is 12.8. The highest BCUT2D eigenvalue weighted by Gasteiger charge is 2.34. The van der Waals surface area contributed by atoms with Gasteiger partial charge in [-0.3, -0.25) is 9.78 Å². The summed E-state index contributed by atoms with van der Waals surface area (Å²) in [4.78, 5) is 31.3. The Balaban J connectivity index is 1.69. The monoisotopic (exact) mass is 417 g/mol. The molecule has 0 aliphatic carbocycles. The van der Waals surface area contributed by atoms with Crippen LogP contribution in [0.1, 0.15) is 48.2 Å². The molecule has 7 heteroatoms. The fraction of sp³-hybridized carbons (Fsp3) is 0.250. The third-order valence-corrected chi connectivity index (χ3v) is 6.20. The number of hydrogen-bond donors (Lipinski definition) is 4.